The van der Waals surface area contributed by atoms with Crippen molar-refractivity contribution < 1.29 is 0 Å². The lowest BCUT2D eigenvalue weighted by atomic mass is 10.2. The van der Waals surface area contributed by atoms with Gasteiger partial charge in [-0.3, -0.25) is 0 Å². The Balaban J connectivity index is 2.37. The molecule has 3 heteroatoms. The van der Waals surface area contributed by atoms with E-state index >= 15 is 0 Å². The second-order valence-corrected chi connectivity index (χ2v) is 2.90. The lowest BCUT2D eigenvalue weighted by molar-refractivity contribution is 1.26. The molecule has 0 saturated carbocycles. The molecule has 0 saturated heterocycles. The summed E-state index contributed by atoms with van der Waals surface area (Å²) in [6.07, 6.45) is 0. The Morgan fingerprint density at radius 3 is 2.93 bits per heavy atom. The first-order chi connectivity index (χ1) is 6.90. The normalized spacial score (nSPS) is 9.64. The number of nitrogens with zero attached hydrogens (tertiary/aromatic N) is 2. The zero-order valence-electron chi connectivity index (χ0n) is 7.57. The van der Waals surface area contributed by atoms with Crippen LogP contribution in [-0.4, -0.2) is 11.5 Å². The number of pyridine rings is 1. The van der Waals surface area contributed by atoms with Crippen LogP contribution >= 0.6 is 0 Å². The average Bonchev–Trinajstić information content (AvgIpc) is 2.26. The SMILES string of the molecule is N#CCNc1ccc2ccccc2n1. The van der Waals surface area contributed by atoms with Crippen LogP contribution in [0.25, 0.3) is 10.9 Å². The number of anilines is 1. The molecule has 68 valence electrons. The Bertz CT molecular complexity index is 485. The van der Waals surface area contributed by atoms with Crippen molar-refractivity contribution in [3.63, 3.8) is 0 Å². The van der Waals surface area contributed by atoms with Crippen molar-refractivity contribution in [2.75, 3.05) is 11.9 Å². The van der Waals surface area contributed by atoms with Gasteiger partial charge in [0.2, 0.25) is 0 Å². The first-order valence-corrected chi connectivity index (χ1v) is 4.37. The fourth-order valence-corrected chi connectivity index (χ4v) is 1.29. The van der Waals surface area contributed by atoms with Crippen molar-refractivity contribution in [1.82, 2.24) is 4.98 Å². The van der Waals surface area contributed by atoms with Crippen LogP contribution in [0, 0.1) is 11.3 Å². The first-order valence-electron chi connectivity index (χ1n) is 4.37. The summed E-state index contributed by atoms with van der Waals surface area (Å²) in [7, 11) is 0. The summed E-state index contributed by atoms with van der Waals surface area (Å²) in [6, 6.07) is 13.8. The zero-order chi connectivity index (χ0) is 9.80. The summed E-state index contributed by atoms with van der Waals surface area (Å²) in [5.74, 6) is 0.741. The van der Waals surface area contributed by atoms with E-state index in [-0.39, 0.29) is 6.54 Å². The van der Waals surface area contributed by atoms with Crippen LogP contribution in [0.4, 0.5) is 5.82 Å². The van der Waals surface area contributed by atoms with Crippen LogP contribution in [0.3, 0.4) is 0 Å². The Hall–Kier alpha value is -2.08. The van der Waals surface area contributed by atoms with Gasteiger partial charge in [-0.2, -0.15) is 5.26 Å². The largest absolute Gasteiger partial charge is 0.357 e. The number of nitrogens with one attached hydrogen (secondary N) is 1. The monoisotopic (exact) mass is 183 g/mol. The van der Waals surface area contributed by atoms with Gasteiger partial charge in [-0.25, -0.2) is 4.98 Å². The molecule has 0 spiro atoms. The molecular formula is C11H9N3. The van der Waals surface area contributed by atoms with E-state index in [9.17, 15) is 0 Å². The fourth-order valence-electron chi connectivity index (χ4n) is 1.29. The van der Waals surface area contributed by atoms with Gasteiger partial charge in [0.05, 0.1) is 11.6 Å². The Labute approximate surface area is 82.0 Å². The summed E-state index contributed by atoms with van der Waals surface area (Å²) in [6.45, 7) is 0.283. The second kappa shape index (κ2) is 3.75. The fraction of sp³-hybridized carbons (Fsp3) is 0.0909. The van der Waals surface area contributed by atoms with E-state index in [0.29, 0.717) is 0 Å². The Morgan fingerprint density at radius 2 is 2.07 bits per heavy atom. The number of hydrogen-bond donors (Lipinski definition) is 1. The van der Waals surface area contributed by atoms with E-state index in [1.54, 1.807) is 0 Å². The third-order valence-corrected chi connectivity index (χ3v) is 1.95. The number of hydrogen-bond acceptors (Lipinski definition) is 3. The quantitative estimate of drug-likeness (QED) is 0.726. The topological polar surface area (TPSA) is 48.7 Å². The minimum atomic E-state index is 0.283. The van der Waals surface area contributed by atoms with E-state index in [1.165, 1.54) is 0 Å². The van der Waals surface area contributed by atoms with Gasteiger partial charge in [0.25, 0.3) is 0 Å². The standard InChI is InChI=1S/C11H9N3/c12-7-8-13-11-6-5-9-3-1-2-4-10(9)14-11/h1-6H,8H2,(H,13,14). The third-order valence-electron chi connectivity index (χ3n) is 1.95. The van der Waals surface area contributed by atoms with Crippen molar-refractivity contribution in [2.24, 2.45) is 0 Å². The summed E-state index contributed by atoms with van der Waals surface area (Å²) < 4.78 is 0. The maximum atomic E-state index is 8.40. The maximum absolute atomic E-state index is 8.40. The Morgan fingerprint density at radius 1 is 1.21 bits per heavy atom. The molecule has 0 bridgehead atoms. The van der Waals surface area contributed by atoms with Crippen LogP contribution in [0.1, 0.15) is 0 Å². The maximum Gasteiger partial charge on any atom is 0.127 e. The lowest BCUT2D eigenvalue weighted by Crippen LogP contribution is -2.00. The molecule has 14 heavy (non-hydrogen) atoms. The van der Waals surface area contributed by atoms with Crippen LogP contribution in [0.15, 0.2) is 36.4 Å². The minimum Gasteiger partial charge on any atom is -0.357 e. The van der Waals surface area contributed by atoms with E-state index in [4.69, 9.17) is 5.26 Å². The highest BCUT2D eigenvalue weighted by Gasteiger charge is 1.95. The van der Waals surface area contributed by atoms with Gasteiger partial charge >= 0.3 is 0 Å². The molecule has 3 nitrogen and oxygen atoms in total. The van der Waals surface area contributed by atoms with Gasteiger partial charge in [0.15, 0.2) is 0 Å². The van der Waals surface area contributed by atoms with E-state index in [2.05, 4.69) is 10.3 Å². The van der Waals surface area contributed by atoms with Crippen LogP contribution < -0.4 is 5.32 Å². The molecule has 1 aromatic carbocycles. The molecular weight excluding hydrogens is 174 g/mol. The molecule has 0 radical (unpaired) electrons. The van der Waals surface area contributed by atoms with Crippen LogP contribution in [0.5, 0.6) is 0 Å². The number of benzene rings is 1. The third kappa shape index (κ3) is 1.64. The van der Waals surface area contributed by atoms with Crippen LogP contribution in [-0.2, 0) is 0 Å². The molecule has 0 aliphatic rings. The van der Waals surface area contributed by atoms with E-state index in [1.807, 2.05) is 42.5 Å². The number of nitriles is 1. The van der Waals surface area contributed by atoms with Crippen LogP contribution in [0.2, 0.25) is 0 Å². The predicted octanol–water partition coefficient (Wildman–Crippen LogP) is 2.17. The lowest BCUT2D eigenvalue weighted by Gasteiger charge is -2.02. The van der Waals surface area contributed by atoms with Gasteiger partial charge in [-0.05, 0) is 18.2 Å². The molecule has 2 aromatic rings. The van der Waals surface area contributed by atoms with E-state index < -0.39 is 0 Å². The van der Waals surface area contributed by atoms with Crippen molar-refractivity contribution in [3.8, 4) is 6.07 Å². The highest BCUT2D eigenvalue weighted by atomic mass is 15.0. The van der Waals surface area contributed by atoms with Gasteiger partial charge in [0.1, 0.15) is 12.4 Å². The Kier molecular flexibility index (Phi) is 2.28. The molecule has 0 atom stereocenters. The van der Waals surface area contributed by atoms with Gasteiger partial charge < -0.3 is 5.32 Å². The van der Waals surface area contributed by atoms with Gasteiger partial charge in [-0.1, -0.05) is 18.2 Å². The van der Waals surface area contributed by atoms with Crippen molar-refractivity contribution >= 4 is 16.7 Å². The van der Waals surface area contributed by atoms with Gasteiger partial charge in [-0.15, -0.1) is 0 Å². The molecule has 1 heterocycles. The van der Waals surface area contributed by atoms with Crippen molar-refractivity contribution in [3.05, 3.63) is 36.4 Å². The number of rotatable bonds is 2. The molecule has 0 aliphatic carbocycles. The first kappa shape index (κ1) is 8.52. The van der Waals surface area contributed by atoms with E-state index in [0.717, 1.165) is 16.7 Å². The zero-order valence-corrected chi connectivity index (χ0v) is 7.57. The molecule has 0 unspecified atom stereocenters. The smallest absolute Gasteiger partial charge is 0.127 e. The summed E-state index contributed by atoms with van der Waals surface area (Å²) in [4.78, 5) is 4.35. The highest BCUT2D eigenvalue weighted by molar-refractivity contribution is 5.80. The molecule has 1 aromatic heterocycles. The molecule has 2 rings (SSSR count). The van der Waals surface area contributed by atoms with Crippen molar-refractivity contribution in [1.29, 1.82) is 5.26 Å². The molecule has 0 aliphatic heterocycles. The number of aromatic nitrogens is 1. The highest BCUT2D eigenvalue weighted by Crippen LogP contribution is 2.13. The number of para-hydroxylation sites is 1. The second-order valence-electron chi connectivity index (χ2n) is 2.90. The molecule has 0 amide bonds. The molecule has 0 fully saturated rings. The predicted molar refractivity (Wildman–Crippen MR) is 55.8 cm³/mol. The average molecular weight is 183 g/mol. The molecule has 1 N–H and O–H groups in total. The van der Waals surface area contributed by atoms with Crippen molar-refractivity contribution in [2.45, 2.75) is 0 Å². The summed E-state index contributed by atoms with van der Waals surface area (Å²) in [5, 5.41) is 12.4. The van der Waals surface area contributed by atoms with Gasteiger partial charge in [0, 0.05) is 5.39 Å². The number of fused-ring (bicyclic) bond motifs is 1. The summed E-state index contributed by atoms with van der Waals surface area (Å²) in [5.41, 5.74) is 0.940. The minimum absolute atomic E-state index is 0.283. The summed E-state index contributed by atoms with van der Waals surface area (Å²) >= 11 is 0.